The fourth-order valence-corrected chi connectivity index (χ4v) is 2.80. The number of amides is 2. The molecular formula is C16H20N8O2. The van der Waals surface area contributed by atoms with Crippen molar-refractivity contribution in [2.75, 3.05) is 5.01 Å². The second-order valence-corrected chi connectivity index (χ2v) is 5.93. The van der Waals surface area contributed by atoms with E-state index >= 15 is 0 Å². The molecule has 1 aliphatic rings. The molecule has 0 saturated heterocycles. The van der Waals surface area contributed by atoms with Crippen LogP contribution in [0.4, 0.5) is 5.69 Å². The average molecular weight is 356 g/mol. The number of H-pyrrole nitrogens is 1. The number of nitrogens with one attached hydrogen (secondary N) is 2. The van der Waals surface area contributed by atoms with Crippen LogP contribution in [0.3, 0.4) is 0 Å². The Kier molecular flexibility index (Phi) is 5.20. The van der Waals surface area contributed by atoms with E-state index in [2.05, 4.69) is 31.0 Å². The van der Waals surface area contributed by atoms with Crippen LogP contribution in [0.2, 0.25) is 0 Å². The molecule has 10 heteroatoms. The third kappa shape index (κ3) is 3.68. The Hall–Kier alpha value is -3.30. The molecule has 2 atom stereocenters. The lowest BCUT2D eigenvalue weighted by Crippen LogP contribution is -2.40. The fraction of sp³-hybridized carbons (Fsp3) is 0.375. The number of benzene rings is 1. The second kappa shape index (κ2) is 7.72. The highest BCUT2D eigenvalue weighted by atomic mass is 16.2. The summed E-state index contributed by atoms with van der Waals surface area (Å²) in [5, 5.41) is 22.5. The van der Waals surface area contributed by atoms with Gasteiger partial charge in [-0.05, 0) is 18.6 Å². The summed E-state index contributed by atoms with van der Waals surface area (Å²) in [4.78, 5) is 24.5. The van der Waals surface area contributed by atoms with Crippen molar-refractivity contribution in [1.82, 2.24) is 25.9 Å². The molecule has 3 rings (SSSR count). The zero-order valence-electron chi connectivity index (χ0n) is 14.3. The number of primary amides is 1. The Morgan fingerprint density at radius 3 is 2.77 bits per heavy atom. The Morgan fingerprint density at radius 2 is 2.15 bits per heavy atom. The van der Waals surface area contributed by atoms with Gasteiger partial charge in [0.15, 0.2) is 5.82 Å². The minimum atomic E-state index is -0.701. The number of para-hydroxylation sites is 1. The predicted molar refractivity (Wildman–Crippen MR) is 93.9 cm³/mol. The molecule has 136 valence electrons. The van der Waals surface area contributed by atoms with E-state index in [9.17, 15) is 9.59 Å². The highest BCUT2D eigenvalue weighted by Crippen LogP contribution is 2.24. The number of rotatable bonds is 7. The minimum absolute atomic E-state index is 0.140. The molecule has 1 aliphatic heterocycles. The van der Waals surface area contributed by atoms with E-state index in [1.165, 1.54) is 5.01 Å². The van der Waals surface area contributed by atoms with Crippen LogP contribution in [-0.4, -0.2) is 44.2 Å². The van der Waals surface area contributed by atoms with Crippen LogP contribution in [0.1, 0.15) is 38.1 Å². The van der Waals surface area contributed by atoms with Crippen molar-refractivity contribution >= 4 is 23.2 Å². The molecule has 0 radical (unpaired) electrons. The Bertz CT molecular complexity index is 790. The number of nitrogens with zero attached hydrogens (tertiary/aromatic N) is 5. The van der Waals surface area contributed by atoms with Crippen molar-refractivity contribution in [2.24, 2.45) is 10.8 Å². The molecule has 0 saturated carbocycles. The summed E-state index contributed by atoms with van der Waals surface area (Å²) >= 11 is 0. The quantitative estimate of drug-likeness (QED) is 0.650. The van der Waals surface area contributed by atoms with Gasteiger partial charge in [-0.1, -0.05) is 36.8 Å². The molecule has 2 aromatic rings. The van der Waals surface area contributed by atoms with E-state index in [0.29, 0.717) is 17.9 Å². The van der Waals surface area contributed by atoms with Gasteiger partial charge in [0.25, 0.3) is 5.91 Å². The SMILES string of the molecule is CCC[C@H](NC(=O)C1=NN(c2ccccc2)[C@@H](C(N)=O)C1)c1nn[nH]n1. The van der Waals surface area contributed by atoms with E-state index < -0.39 is 11.9 Å². The fourth-order valence-electron chi connectivity index (χ4n) is 2.80. The molecule has 0 fully saturated rings. The van der Waals surface area contributed by atoms with Crippen LogP contribution < -0.4 is 16.1 Å². The standard InChI is InChI=1S/C16H20N8O2/c1-2-6-11(15-19-22-23-20-15)18-16(26)12-9-13(14(17)25)24(21-12)10-7-4-3-5-8-10/h3-5,7-8,11,13H,2,6,9H2,1H3,(H2,17,25)(H,18,26)(H,19,20,22,23)/t11-,13+/m0/s1. The topological polar surface area (TPSA) is 142 Å². The Balaban J connectivity index is 1.79. The molecule has 4 N–H and O–H groups in total. The van der Waals surface area contributed by atoms with Crippen molar-refractivity contribution in [3.8, 4) is 0 Å². The van der Waals surface area contributed by atoms with Gasteiger partial charge in [-0.15, -0.1) is 10.2 Å². The van der Waals surface area contributed by atoms with Crippen LogP contribution in [0, 0.1) is 0 Å². The average Bonchev–Trinajstić information content (AvgIpc) is 3.32. The lowest BCUT2D eigenvalue weighted by Gasteiger charge is -2.20. The summed E-state index contributed by atoms with van der Waals surface area (Å²) in [7, 11) is 0. The molecular weight excluding hydrogens is 336 g/mol. The van der Waals surface area contributed by atoms with Crippen molar-refractivity contribution in [1.29, 1.82) is 0 Å². The Morgan fingerprint density at radius 1 is 1.38 bits per heavy atom. The lowest BCUT2D eigenvalue weighted by molar-refractivity contribution is -0.119. The predicted octanol–water partition coefficient (Wildman–Crippen LogP) is 0.277. The largest absolute Gasteiger partial charge is 0.368 e. The van der Waals surface area contributed by atoms with Crippen molar-refractivity contribution < 1.29 is 9.59 Å². The van der Waals surface area contributed by atoms with Gasteiger partial charge in [0.2, 0.25) is 5.91 Å². The number of hydrogen-bond acceptors (Lipinski definition) is 7. The molecule has 2 amide bonds. The van der Waals surface area contributed by atoms with Gasteiger partial charge in [0.05, 0.1) is 11.7 Å². The minimum Gasteiger partial charge on any atom is -0.368 e. The van der Waals surface area contributed by atoms with Crippen molar-refractivity contribution in [3.05, 3.63) is 36.2 Å². The molecule has 0 aliphatic carbocycles. The molecule has 10 nitrogen and oxygen atoms in total. The zero-order valence-corrected chi connectivity index (χ0v) is 14.3. The number of hydrazone groups is 1. The number of carbonyl (C=O) groups is 2. The molecule has 1 aromatic carbocycles. The number of nitrogens with two attached hydrogens (primary N) is 1. The smallest absolute Gasteiger partial charge is 0.268 e. The first-order chi connectivity index (χ1) is 12.6. The number of tetrazole rings is 1. The van der Waals surface area contributed by atoms with Crippen LogP contribution in [0.5, 0.6) is 0 Å². The highest BCUT2D eigenvalue weighted by molar-refractivity contribution is 6.40. The van der Waals surface area contributed by atoms with Gasteiger partial charge in [0.1, 0.15) is 11.8 Å². The molecule has 2 heterocycles. The zero-order chi connectivity index (χ0) is 18.5. The number of aromatic nitrogens is 4. The summed E-state index contributed by atoms with van der Waals surface area (Å²) in [5.74, 6) is -0.508. The summed E-state index contributed by atoms with van der Waals surface area (Å²) in [6.45, 7) is 1.99. The van der Waals surface area contributed by atoms with Gasteiger partial charge in [-0.3, -0.25) is 14.6 Å². The maximum absolute atomic E-state index is 12.7. The molecule has 0 spiro atoms. The van der Waals surface area contributed by atoms with E-state index in [1.54, 1.807) is 12.1 Å². The number of carbonyl (C=O) groups excluding carboxylic acids is 2. The van der Waals surface area contributed by atoms with Crippen molar-refractivity contribution in [2.45, 2.75) is 38.3 Å². The third-order valence-electron chi connectivity index (χ3n) is 4.08. The Labute approximate surface area is 149 Å². The number of aromatic amines is 1. The summed E-state index contributed by atoms with van der Waals surface area (Å²) in [5.41, 5.74) is 6.43. The maximum Gasteiger partial charge on any atom is 0.268 e. The first-order valence-electron chi connectivity index (χ1n) is 8.35. The molecule has 26 heavy (non-hydrogen) atoms. The van der Waals surface area contributed by atoms with Crippen LogP contribution >= 0.6 is 0 Å². The van der Waals surface area contributed by atoms with Gasteiger partial charge in [-0.2, -0.15) is 10.3 Å². The molecule has 0 bridgehead atoms. The summed E-state index contributed by atoms with van der Waals surface area (Å²) < 4.78 is 0. The van der Waals surface area contributed by atoms with Crippen LogP contribution in [0.15, 0.2) is 35.4 Å². The second-order valence-electron chi connectivity index (χ2n) is 5.93. The maximum atomic E-state index is 12.7. The molecule has 0 unspecified atom stereocenters. The van der Waals surface area contributed by atoms with Gasteiger partial charge in [-0.25, -0.2) is 0 Å². The van der Waals surface area contributed by atoms with Gasteiger partial charge >= 0.3 is 0 Å². The summed E-state index contributed by atoms with van der Waals surface area (Å²) in [6, 6.07) is 8.04. The van der Waals surface area contributed by atoms with E-state index in [0.717, 1.165) is 6.42 Å². The first kappa shape index (κ1) is 17.5. The number of hydrogen-bond donors (Lipinski definition) is 3. The van der Waals surface area contributed by atoms with E-state index in [1.807, 2.05) is 25.1 Å². The summed E-state index contributed by atoms with van der Waals surface area (Å²) in [6.07, 6.45) is 1.62. The lowest BCUT2D eigenvalue weighted by atomic mass is 10.1. The number of anilines is 1. The third-order valence-corrected chi connectivity index (χ3v) is 4.08. The van der Waals surface area contributed by atoms with Crippen molar-refractivity contribution in [3.63, 3.8) is 0 Å². The van der Waals surface area contributed by atoms with E-state index in [4.69, 9.17) is 5.73 Å². The van der Waals surface area contributed by atoms with Gasteiger partial charge in [0, 0.05) is 6.42 Å². The molecule has 1 aromatic heterocycles. The van der Waals surface area contributed by atoms with Gasteiger partial charge < -0.3 is 11.1 Å². The van der Waals surface area contributed by atoms with E-state index in [-0.39, 0.29) is 24.1 Å². The first-order valence-corrected chi connectivity index (χ1v) is 8.35. The highest BCUT2D eigenvalue weighted by Gasteiger charge is 2.35. The normalized spacial score (nSPS) is 17.7. The monoisotopic (exact) mass is 356 g/mol. The van der Waals surface area contributed by atoms with Crippen LogP contribution in [0.25, 0.3) is 0 Å². The van der Waals surface area contributed by atoms with Crippen LogP contribution in [-0.2, 0) is 9.59 Å².